The van der Waals surface area contributed by atoms with E-state index in [0.717, 1.165) is 25.9 Å². The van der Waals surface area contributed by atoms with E-state index in [1.165, 1.54) is 30.5 Å². The molecule has 0 unspecified atom stereocenters. The molecule has 23 heavy (non-hydrogen) atoms. The first-order chi connectivity index (χ1) is 11.2. The predicted molar refractivity (Wildman–Crippen MR) is 94.3 cm³/mol. The normalized spacial score (nSPS) is 22.0. The predicted octanol–water partition coefficient (Wildman–Crippen LogP) is 2.97. The van der Waals surface area contributed by atoms with E-state index >= 15 is 0 Å². The SMILES string of the molecule is CN1CCC[C@H]1CCNC(=O)N1CC=C(c2ccccc2)CC1. The Morgan fingerprint density at radius 2 is 2.09 bits per heavy atom. The molecule has 0 aliphatic carbocycles. The zero-order chi connectivity index (χ0) is 16.1. The van der Waals surface area contributed by atoms with Crippen LogP contribution >= 0.6 is 0 Å². The smallest absolute Gasteiger partial charge is 0.317 e. The molecule has 0 spiro atoms. The Morgan fingerprint density at radius 3 is 2.74 bits per heavy atom. The van der Waals surface area contributed by atoms with Crippen molar-refractivity contribution in [3.8, 4) is 0 Å². The van der Waals surface area contributed by atoms with Gasteiger partial charge in [-0.25, -0.2) is 4.79 Å². The van der Waals surface area contributed by atoms with Crippen molar-refractivity contribution in [3.63, 3.8) is 0 Å². The van der Waals surface area contributed by atoms with Crippen molar-refractivity contribution in [2.75, 3.05) is 33.2 Å². The number of benzene rings is 1. The quantitative estimate of drug-likeness (QED) is 0.927. The molecule has 4 heteroatoms. The average Bonchev–Trinajstić information content (AvgIpc) is 3.01. The van der Waals surface area contributed by atoms with E-state index in [9.17, 15) is 4.79 Å². The van der Waals surface area contributed by atoms with Crippen LogP contribution in [0.15, 0.2) is 36.4 Å². The number of rotatable bonds is 4. The lowest BCUT2D eigenvalue weighted by atomic mass is 10.00. The first-order valence-electron chi connectivity index (χ1n) is 8.71. The molecule has 2 amide bonds. The van der Waals surface area contributed by atoms with Gasteiger partial charge in [0.15, 0.2) is 0 Å². The van der Waals surface area contributed by atoms with Gasteiger partial charge >= 0.3 is 6.03 Å². The van der Waals surface area contributed by atoms with Gasteiger partial charge in [-0.2, -0.15) is 0 Å². The molecule has 1 fully saturated rings. The van der Waals surface area contributed by atoms with Crippen LogP contribution in [0.3, 0.4) is 0 Å². The van der Waals surface area contributed by atoms with Crippen molar-refractivity contribution in [2.45, 2.75) is 31.7 Å². The van der Waals surface area contributed by atoms with Gasteiger partial charge in [0.25, 0.3) is 0 Å². The molecular weight excluding hydrogens is 286 g/mol. The third-order valence-corrected chi connectivity index (χ3v) is 5.07. The minimum Gasteiger partial charge on any atom is -0.338 e. The van der Waals surface area contributed by atoms with Crippen molar-refractivity contribution in [1.29, 1.82) is 0 Å². The van der Waals surface area contributed by atoms with E-state index in [1.807, 2.05) is 11.0 Å². The highest BCUT2D eigenvalue weighted by atomic mass is 16.2. The van der Waals surface area contributed by atoms with Gasteiger partial charge in [-0.15, -0.1) is 0 Å². The van der Waals surface area contributed by atoms with Crippen LogP contribution in [0, 0.1) is 0 Å². The van der Waals surface area contributed by atoms with Crippen LogP contribution in [0.5, 0.6) is 0 Å². The number of hydrogen-bond donors (Lipinski definition) is 1. The minimum absolute atomic E-state index is 0.0778. The van der Waals surface area contributed by atoms with E-state index < -0.39 is 0 Å². The lowest BCUT2D eigenvalue weighted by Crippen LogP contribution is -2.43. The van der Waals surface area contributed by atoms with Crippen molar-refractivity contribution in [3.05, 3.63) is 42.0 Å². The van der Waals surface area contributed by atoms with Gasteiger partial charge in [-0.1, -0.05) is 36.4 Å². The van der Waals surface area contributed by atoms with Crippen LogP contribution in [-0.2, 0) is 0 Å². The van der Waals surface area contributed by atoms with Crippen molar-refractivity contribution < 1.29 is 4.79 Å². The monoisotopic (exact) mass is 313 g/mol. The van der Waals surface area contributed by atoms with E-state index in [4.69, 9.17) is 0 Å². The lowest BCUT2D eigenvalue weighted by Gasteiger charge is -2.27. The molecule has 2 aliphatic rings. The Bertz CT molecular complexity index is 555. The first kappa shape index (κ1) is 16.1. The number of carbonyl (C=O) groups is 1. The topological polar surface area (TPSA) is 35.6 Å². The lowest BCUT2D eigenvalue weighted by molar-refractivity contribution is 0.201. The molecule has 4 nitrogen and oxygen atoms in total. The molecule has 0 bridgehead atoms. The van der Waals surface area contributed by atoms with E-state index in [1.54, 1.807) is 0 Å². The highest BCUT2D eigenvalue weighted by Crippen LogP contribution is 2.22. The summed E-state index contributed by atoms with van der Waals surface area (Å²) in [7, 11) is 2.18. The molecule has 3 rings (SSSR count). The van der Waals surface area contributed by atoms with Gasteiger partial charge in [0.05, 0.1) is 0 Å². The van der Waals surface area contributed by atoms with Crippen molar-refractivity contribution >= 4 is 11.6 Å². The number of nitrogens with zero attached hydrogens (tertiary/aromatic N) is 2. The zero-order valence-electron chi connectivity index (χ0n) is 14.0. The highest BCUT2D eigenvalue weighted by Gasteiger charge is 2.21. The molecule has 0 aromatic heterocycles. The van der Waals surface area contributed by atoms with Gasteiger partial charge in [-0.3, -0.25) is 0 Å². The second-order valence-corrected chi connectivity index (χ2v) is 6.59. The number of amides is 2. The summed E-state index contributed by atoms with van der Waals surface area (Å²) in [6.07, 6.45) is 6.72. The fourth-order valence-corrected chi connectivity index (χ4v) is 3.57. The summed E-state index contributed by atoms with van der Waals surface area (Å²) in [4.78, 5) is 16.6. The molecule has 1 aromatic carbocycles. The third kappa shape index (κ3) is 4.14. The summed E-state index contributed by atoms with van der Waals surface area (Å²) in [5, 5.41) is 3.09. The fourth-order valence-electron chi connectivity index (χ4n) is 3.57. The van der Waals surface area contributed by atoms with Gasteiger partial charge in [0, 0.05) is 25.7 Å². The zero-order valence-corrected chi connectivity index (χ0v) is 14.0. The number of likely N-dealkylation sites (tertiary alicyclic amines) is 1. The first-order valence-corrected chi connectivity index (χ1v) is 8.71. The summed E-state index contributed by atoms with van der Waals surface area (Å²) < 4.78 is 0. The maximum Gasteiger partial charge on any atom is 0.317 e. The molecule has 1 N–H and O–H groups in total. The fraction of sp³-hybridized carbons (Fsp3) is 0.526. The highest BCUT2D eigenvalue weighted by molar-refractivity contribution is 5.76. The second-order valence-electron chi connectivity index (χ2n) is 6.59. The number of hydrogen-bond acceptors (Lipinski definition) is 2. The van der Waals surface area contributed by atoms with Crippen molar-refractivity contribution in [2.24, 2.45) is 0 Å². The summed E-state index contributed by atoms with van der Waals surface area (Å²) in [6, 6.07) is 11.2. The van der Waals surface area contributed by atoms with Crippen LogP contribution in [0.1, 0.15) is 31.2 Å². The van der Waals surface area contributed by atoms with Gasteiger partial charge < -0.3 is 15.1 Å². The van der Waals surface area contributed by atoms with Crippen LogP contribution in [0.2, 0.25) is 0 Å². The minimum atomic E-state index is 0.0778. The van der Waals surface area contributed by atoms with Gasteiger partial charge in [0.2, 0.25) is 0 Å². The number of urea groups is 1. The molecular formula is C19H27N3O. The van der Waals surface area contributed by atoms with Crippen LogP contribution in [-0.4, -0.2) is 55.1 Å². The Labute approximate surface area is 139 Å². The maximum atomic E-state index is 12.3. The molecule has 1 atom stereocenters. The van der Waals surface area contributed by atoms with Gasteiger partial charge in [-0.05, 0) is 50.4 Å². The van der Waals surface area contributed by atoms with Crippen molar-refractivity contribution in [1.82, 2.24) is 15.1 Å². The summed E-state index contributed by atoms with van der Waals surface area (Å²) in [5.74, 6) is 0. The Kier molecular flexibility index (Phi) is 5.34. The Balaban J connectivity index is 1.44. The van der Waals surface area contributed by atoms with Crippen LogP contribution < -0.4 is 5.32 Å². The Morgan fingerprint density at radius 1 is 1.26 bits per heavy atom. The molecule has 0 radical (unpaired) electrons. The molecule has 0 saturated carbocycles. The second kappa shape index (κ2) is 7.64. The number of carbonyl (C=O) groups excluding carboxylic acids is 1. The molecule has 1 aromatic rings. The van der Waals surface area contributed by atoms with Crippen LogP contribution in [0.25, 0.3) is 5.57 Å². The molecule has 1 saturated heterocycles. The molecule has 124 valence electrons. The summed E-state index contributed by atoms with van der Waals surface area (Å²) >= 11 is 0. The Hall–Kier alpha value is -1.81. The summed E-state index contributed by atoms with van der Waals surface area (Å²) in [5.41, 5.74) is 2.62. The van der Waals surface area contributed by atoms with E-state index in [-0.39, 0.29) is 6.03 Å². The van der Waals surface area contributed by atoms with E-state index in [0.29, 0.717) is 12.6 Å². The maximum absolute atomic E-state index is 12.3. The molecule has 2 heterocycles. The van der Waals surface area contributed by atoms with Gasteiger partial charge in [0.1, 0.15) is 0 Å². The number of nitrogens with one attached hydrogen (secondary N) is 1. The average molecular weight is 313 g/mol. The third-order valence-electron chi connectivity index (χ3n) is 5.07. The summed E-state index contributed by atoms with van der Waals surface area (Å²) in [6.45, 7) is 3.48. The van der Waals surface area contributed by atoms with E-state index in [2.05, 4.69) is 47.6 Å². The largest absolute Gasteiger partial charge is 0.338 e. The standard InChI is InChI=1S/C19H27N3O/c1-21-13-5-8-18(21)9-12-20-19(23)22-14-10-17(11-15-22)16-6-3-2-4-7-16/h2-4,6-7,10,18H,5,8-9,11-15H2,1H3,(H,20,23)/t18-/m0/s1. The molecule has 2 aliphatic heterocycles. The van der Waals surface area contributed by atoms with Crippen LogP contribution in [0.4, 0.5) is 4.79 Å².